The van der Waals surface area contributed by atoms with Crippen LogP contribution in [0.5, 0.6) is 0 Å². The van der Waals surface area contributed by atoms with Gasteiger partial charge < -0.3 is 4.74 Å². The van der Waals surface area contributed by atoms with Gasteiger partial charge in [0, 0.05) is 31.4 Å². The molecule has 5 nitrogen and oxygen atoms in total. The number of rotatable bonds is 4. The van der Waals surface area contributed by atoms with E-state index in [1.54, 1.807) is 4.68 Å². The highest BCUT2D eigenvalue weighted by Crippen LogP contribution is 2.54. The average molecular weight is 367 g/mol. The minimum absolute atomic E-state index is 0.348. The van der Waals surface area contributed by atoms with E-state index in [-0.39, 0.29) is 12.8 Å². The molecule has 0 aromatic carbocycles. The first-order valence-electron chi connectivity index (χ1n) is 9.56. The van der Waals surface area contributed by atoms with Crippen molar-refractivity contribution in [2.24, 2.45) is 12.5 Å². The Bertz CT molecular complexity index is 709. The lowest BCUT2D eigenvalue weighted by Crippen LogP contribution is -2.43. The van der Waals surface area contributed by atoms with Crippen LogP contribution in [0, 0.1) is 5.41 Å². The molecule has 1 amide bonds. The number of hydrogen-bond donors (Lipinski definition) is 1. The number of amides is 1. The molecule has 144 valence electrons. The van der Waals surface area contributed by atoms with Gasteiger partial charge in [0.1, 0.15) is 11.9 Å². The van der Waals surface area contributed by atoms with Gasteiger partial charge in [-0.25, -0.2) is 13.6 Å². The molecule has 0 aliphatic heterocycles. The molecule has 1 N–H and O–H groups in total. The van der Waals surface area contributed by atoms with Gasteiger partial charge in [0.25, 0.3) is 5.92 Å². The first-order valence-corrected chi connectivity index (χ1v) is 9.56. The van der Waals surface area contributed by atoms with Crippen LogP contribution < -0.4 is 5.32 Å². The summed E-state index contributed by atoms with van der Waals surface area (Å²) >= 11 is 0. The first kappa shape index (κ1) is 17.7. The van der Waals surface area contributed by atoms with Crippen LogP contribution in [0.15, 0.2) is 0 Å². The lowest BCUT2D eigenvalue weighted by molar-refractivity contribution is -0.142. The number of carbonyl (C=O) groups is 1. The Labute approximate surface area is 152 Å². The maximum Gasteiger partial charge on any atom is 0.413 e. The van der Waals surface area contributed by atoms with E-state index in [0.29, 0.717) is 23.1 Å². The number of nitrogens with zero attached hydrogens (tertiary/aromatic N) is 2. The summed E-state index contributed by atoms with van der Waals surface area (Å²) in [5, 5.41) is 7.51. The summed E-state index contributed by atoms with van der Waals surface area (Å²) in [6.07, 6.45) is 3.48. The lowest BCUT2D eigenvalue weighted by Gasteiger charge is -2.43. The van der Waals surface area contributed by atoms with Crippen LogP contribution in [0.2, 0.25) is 0 Å². The molecule has 3 fully saturated rings. The number of halogens is 2. The van der Waals surface area contributed by atoms with E-state index in [1.807, 2.05) is 7.05 Å². The predicted molar refractivity (Wildman–Crippen MR) is 93.6 cm³/mol. The molecule has 0 unspecified atom stereocenters. The molecule has 0 spiro atoms. The van der Waals surface area contributed by atoms with Crippen LogP contribution in [0.4, 0.5) is 19.4 Å². The average Bonchev–Trinajstić information content (AvgIpc) is 2.70. The van der Waals surface area contributed by atoms with E-state index in [0.717, 1.165) is 36.9 Å². The van der Waals surface area contributed by atoms with Gasteiger partial charge in [0.05, 0.1) is 5.69 Å². The molecular formula is C19H27F2N3O2. The topological polar surface area (TPSA) is 56.2 Å². The highest BCUT2D eigenvalue weighted by molar-refractivity contribution is 5.85. The molecule has 0 radical (unpaired) electrons. The Kier molecular flexibility index (Phi) is 4.04. The minimum atomic E-state index is -2.70. The SMILES string of the molecule is Cn1nc(C2CC(C)(C)C2)c(C2CCC2)c1NC(=O)OC1CC(F)(F)C1. The zero-order valence-electron chi connectivity index (χ0n) is 15.6. The molecule has 7 heteroatoms. The molecule has 3 aliphatic rings. The Morgan fingerprint density at radius 2 is 1.85 bits per heavy atom. The summed E-state index contributed by atoms with van der Waals surface area (Å²) in [6, 6.07) is 0. The van der Waals surface area contributed by atoms with Gasteiger partial charge in [0.2, 0.25) is 0 Å². The summed E-state index contributed by atoms with van der Waals surface area (Å²) in [4.78, 5) is 12.2. The largest absolute Gasteiger partial charge is 0.445 e. The fraction of sp³-hybridized carbons (Fsp3) is 0.789. The van der Waals surface area contributed by atoms with Gasteiger partial charge in [-0.05, 0) is 37.0 Å². The van der Waals surface area contributed by atoms with Gasteiger partial charge in [-0.2, -0.15) is 5.10 Å². The molecule has 1 aromatic heterocycles. The molecule has 3 saturated carbocycles. The van der Waals surface area contributed by atoms with Crippen LogP contribution in [-0.2, 0) is 11.8 Å². The number of alkyl halides is 2. The zero-order valence-corrected chi connectivity index (χ0v) is 15.6. The molecule has 1 aromatic rings. The molecular weight excluding hydrogens is 340 g/mol. The van der Waals surface area contributed by atoms with Gasteiger partial charge >= 0.3 is 6.09 Å². The molecule has 0 atom stereocenters. The zero-order chi connectivity index (χ0) is 18.7. The Morgan fingerprint density at radius 1 is 1.19 bits per heavy atom. The van der Waals surface area contributed by atoms with Crippen molar-refractivity contribution in [1.29, 1.82) is 0 Å². The quantitative estimate of drug-likeness (QED) is 0.820. The first-order chi connectivity index (χ1) is 12.1. The van der Waals surface area contributed by atoms with Crippen molar-refractivity contribution in [3.63, 3.8) is 0 Å². The third-order valence-electron chi connectivity index (χ3n) is 6.16. The van der Waals surface area contributed by atoms with E-state index in [4.69, 9.17) is 9.84 Å². The Morgan fingerprint density at radius 3 is 2.35 bits per heavy atom. The maximum atomic E-state index is 12.9. The summed E-state index contributed by atoms with van der Waals surface area (Å²) in [7, 11) is 1.82. The molecule has 4 rings (SSSR count). The van der Waals surface area contributed by atoms with Crippen LogP contribution in [0.25, 0.3) is 0 Å². The predicted octanol–water partition coefficient (Wildman–Crippen LogP) is 4.94. The smallest absolute Gasteiger partial charge is 0.413 e. The molecule has 26 heavy (non-hydrogen) atoms. The number of aryl methyl sites for hydroxylation is 1. The monoisotopic (exact) mass is 367 g/mol. The van der Waals surface area contributed by atoms with E-state index in [1.165, 1.54) is 6.42 Å². The second kappa shape index (κ2) is 5.92. The Hall–Kier alpha value is -1.66. The number of hydrogen-bond acceptors (Lipinski definition) is 3. The van der Waals surface area contributed by atoms with E-state index in [9.17, 15) is 13.6 Å². The molecule has 0 bridgehead atoms. The van der Waals surface area contributed by atoms with E-state index >= 15 is 0 Å². The van der Waals surface area contributed by atoms with Gasteiger partial charge in [-0.15, -0.1) is 0 Å². The number of aromatic nitrogens is 2. The number of carbonyl (C=O) groups excluding carboxylic acids is 1. The lowest BCUT2D eigenvalue weighted by atomic mass is 9.62. The summed E-state index contributed by atoms with van der Waals surface area (Å²) in [6.45, 7) is 4.53. The van der Waals surface area contributed by atoms with Crippen molar-refractivity contribution >= 4 is 11.9 Å². The minimum Gasteiger partial charge on any atom is -0.445 e. The van der Waals surface area contributed by atoms with Gasteiger partial charge in [-0.1, -0.05) is 20.3 Å². The highest BCUT2D eigenvalue weighted by Gasteiger charge is 2.48. The third-order valence-corrected chi connectivity index (χ3v) is 6.16. The van der Waals surface area contributed by atoms with Crippen molar-refractivity contribution in [2.75, 3.05) is 5.32 Å². The van der Waals surface area contributed by atoms with Crippen LogP contribution in [0.3, 0.4) is 0 Å². The normalized spacial score (nSPS) is 25.1. The summed E-state index contributed by atoms with van der Waals surface area (Å²) in [5.41, 5.74) is 2.58. The fourth-order valence-corrected chi connectivity index (χ4v) is 4.55. The van der Waals surface area contributed by atoms with E-state index < -0.39 is 18.1 Å². The van der Waals surface area contributed by atoms with Gasteiger partial charge in [0.15, 0.2) is 0 Å². The fourth-order valence-electron chi connectivity index (χ4n) is 4.55. The van der Waals surface area contributed by atoms with Crippen LogP contribution in [-0.4, -0.2) is 27.9 Å². The summed E-state index contributed by atoms with van der Waals surface area (Å²) < 4.78 is 32.7. The molecule has 1 heterocycles. The number of nitrogens with one attached hydrogen (secondary N) is 1. The van der Waals surface area contributed by atoms with Crippen molar-refractivity contribution in [2.45, 2.75) is 82.7 Å². The highest BCUT2D eigenvalue weighted by atomic mass is 19.3. The third kappa shape index (κ3) is 3.21. The second-order valence-corrected chi connectivity index (χ2v) is 9.08. The van der Waals surface area contributed by atoms with Crippen LogP contribution in [0.1, 0.15) is 81.9 Å². The van der Waals surface area contributed by atoms with Gasteiger partial charge in [-0.3, -0.25) is 10.00 Å². The van der Waals surface area contributed by atoms with E-state index in [2.05, 4.69) is 19.2 Å². The number of anilines is 1. The van der Waals surface area contributed by atoms with Crippen molar-refractivity contribution < 1.29 is 18.3 Å². The van der Waals surface area contributed by atoms with Crippen molar-refractivity contribution in [3.8, 4) is 0 Å². The standard InChI is InChI=1S/C19H27F2N3O2/c1-18(2)7-12(8-18)15-14(11-5-4-6-11)16(24(3)23-15)22-17(25)26-13-9-19(20,21)10-13/h11-13H,4-10H2,1-3H3,(H,22,25). The van der Waals surface area contributed by atoms with Crippen LogP contribution >= 0.6 is 0 Å². The Balaban J connectivity index is 1.50. The van der Waals surface area contributed by atoms with Crippen molar-refractivity contribution in [1.82, 2.24) is 9.78 Å². The number of ether oxygens (including phenoxy) is 1. The second-order valence-electron chi connectivity index (χ2n) is 9.08. The van der Waals surface area contributed by atoms with Crippen molar-refractivity contribution in [3.05, 3.63) is 11.3 Å². The summed E-state index contributed by atoms with van der Waals surface area (Å²) in [5.74, 6) is -1.17. The molecule has 3 aliphatic carbocycles. The maximum absolute atomic E-state index is 12.9. The molecule has 0 saturated heterocycles.